The number of benzene rings is 1. The SMILES string of the molecule is CC(C)(C)NCc1ccc(OCC(=O)NC(N)=O)cc1. The van der Waals surface area contributed by atoms with E-state index < -0.39 is 11.9 Å². The number of primary amides is 1. The number of amides is 3. The summed E-state index contributed by atoms with van der Waals surface area (Å²) in [5.41, 5.74) is 5.99. The van der Waals surface area contributed by atoms with Gasteiger partial charge in [0.05, 0.1) is 0 Å². The molecule has 0 saturated heterocycles. The van der Waals surface area contributed by atoms with Crippen LogP contribution in [0.4, 0.5) is 4.79 Å². The summed E-state index contributed by atoms with van der Waals surface area (Å²) in [6, 6.07) is 6.50. The summed E-state index contributed by atoms with van der Waals surface area (Å²) >= 11 is 0. The van der Waals surface area contributed by atoms with Crippen LogP contribution < -0.4 is 21.1 Å². The first kappa shape index (κ1) is 16.0. The van der Waals surface area contributed by atoms with Gasteiger partial charge in [0.15, 0.2) is 6.61 Å². The lowest BCUT2D eigenvalue weighted by molar-refractivity contribution is -0.121. The second-order valence-electron chi connectivity index (χ2n) is 5.45. The quantitative estimate of drug-likeness (QED) is 0.753. The van der Waals surface area contributed by atoms with Gasteiger partial charge in [0.25, 0.3) is 5.91 Å². The number of hydrogen-bond acceptors (Lipinski definition) is 4. The maximum atomic E-state index is 11.2. The van der Waals surface area contributed by atoms with Gasteiger partial charge < -0.3 is 15.8 Å². The van der Waals surface area contributed by atoms with Crippen LogP contribution in [0.5, 0.6) is 5.75 Å². The van der Waals surface area contributed by atoms with Crippen LogP contribution in [0.1, 0.15) is 26.3 Å². The van der Waals surface area contributed by atoms with E-state index in [-0.39, 0.29) is 12.1 Å². The summed E-state index contributed by atoms with van der Waals surface area (Å²) in [6.07, 6.45) is 0. The van der Waals surface area contributed by atoms with Crippen LogP contribution >= 0.6 is 0 Å². The number of hydrogen-bond donors (Lipinski definition) is 3. The molecule has 6 heteroatoms. The van der Waals surface area contributed by atoms with Gasteiger partial charge in [0.2, 0.25) is 0 Å². The van der Waals surface area contributed by atoms with Gasteiger partial charge in [-0.3, -0.25) is 10.1 Å². The zero-order valence-electron chi connectivity index (χ0n) is 12.0. The van der Waals surface area contributed by atoms with Crippen molar-refractivity contribution in [2.24, 2.45) is 5.73 Å². The zero-order chi connectivity index (χ0) is 15.2. The summed E-state index contributed by atoms with van der Waals surface area (Å²) in [4.78, 5) is 21.6. The van der Waals surface area contributed by atoms with Crippen LogP contribution in [0, 0.1) is 0 Å². The maximum absolute atomic E-state index is 11.2. The van der Waals surface area contributed by atoms with Crippen LogP contribution in [-0.4, -0.2) is 24.1 Å². The van der Waals surface area contributed by atoms with E-state index in [0.717, 1.165) is 12.1 Å². The lowest BCUT2D eigenvalue weighted by atomic mass is 10.1. The Morgan fingerprint density at radius 2 is 1.80 bits per heavy atom. The molecule has 20 heavy (non-hydrogen) atoms. The molecule has 0 aromatic heterocycles. The number of carbonyl (C=O) groups is 2. The highest BCUT2D eigenvalue weighted by atomic mass is 16.5. The Morgan fingerprint density at radius 1 is 1.20 bits per heavy atom. The fraction of sp³-hybridized carbons (Fsp3) is 0.429. The van der Waals surface area contributed by atoms with E-state index in [9.17, 15) is 9.59 Å². The molecule has 0 radical (unpaired) electrons. The number of nitrogens with one attached hydrogen (secondary N) is 2. The highest BCUT2D eigenvalue weighted by molar-refractivity contribution is 5.94. The van der Waals surface area contributed by atoms with E-state index >= 15 is 0 Å². The number of nitrogens with two attached hydrogens (primary N) is 1. The molecule has 4 N–H and O–H groups in total. The minimum absolute atomic E-state index is 0.0576. The van der Waals surface area contributed by atoms with Crippen LogP contribution in [0.25, 0.3) is 0 Å². The van der Waals surface area contributed by atoms with Gasteiger partial charge in [-0.25, -0.2) is 4.79 Å². The molecule has 0 aliphatic carbocycles. The molecule has 0 heterocycles. The predicted molar refractivity (Wildman–Crippen MR) is 76.3 cm³/mol. The first-order chi connectivity index (χ1) is 9.26. The summed E-state index contributed by atoms with van der Waals surface area (Å²) < 4.78 is 5.23. The summed E-state index contributed by atoms with van der Waals surface area (Å²) in [7, 11) is 0. The summed E-state index contributed by atoms with van der Waals surface area (Å²) in [5, 5.41) is 5.30. The van der Waals surface area contributed by atoms with Gasteiger partial charge >= 0.3 is 6.03 Å². The molecular formula is C14H21N3O3. The van der Waals surface area contributed by atoms with Gasteiger partial charge in [-0.05, 0) is 38.5 Å². The standard InChI is InChI=1S/C14H21N3O3/c1-14(2,3)16-8-10-4-6-11(7-5-10)20-9-12(18)17-13(15)19/h4-7,16H,8-9H2,1-3H3,(H3,15,17,18,19). The van der Waals surface area contributed by atoms with Crippen LogP contribution in [0.3, 0.4) is 0 Å². The number of rotatable bonds is 5. The van der Waals surface area contributed by atoms with Crippen molar-refractivity contribution >= 4 is 11.9 Å². The number of urea groups is 1. The van der Waals surface area contributed by atoms with E-state index in [1.807, 2.05) is 17.4 Å². The number of imide groups is 1. The van der Waals surface area contributed by atoms with Crippen LogP contribution in [0.2, 0.25) is 0 Å². The smallest absolute Gasteiger partial charge is 0.318 e. The van der Waals surface area contributed by atoms with Gasteiger partial charge in [-0.15, -0.1) is 0 Å². The topological polar surface area (TPSA) is 93.4 Å². The normalized spacial score (nSPS) is 10.9. The van der Waals surface area contributed by atoms with E-state index in [1.165, 1.54) is 0 Å². The molecule has 0 bridgehead atoms. The molecule has 3 amide bonds. The van der Waals surface area contributed by atoms with Gasteiger partial charge in [-0.1, -0.05) is 12.1 Å². The molecule has 110 valence electrons. The Hall–Kier alpha value is -2.08. The Kier molecular flexibility index (Phi) is 5.52. The molecule has 1 aromatic rings. The van der Waals surface area contributed by atoms with Crippen molar-refractivity contribution < 1.29 is 14.3 Å². The molecular weight excluding hydrogens is 258 g/mol. The maximum Gasteiger partial charge on any atom is 0.318 e. The molecule has 0 aliphatic heterocycles. The van der Waals surface area contributed by atoms with E-state index in [2.05, 4.69) is 26.1 Å². The molecule has 0 spiro atoms. The van der Waals surface area contributed by atoms with Crippen molar-refractivity contribution in [1.29, 1.82) is 0 Å². The second-order valence-corrected chi connectivity index (χ2v) is 5.45. The monoisotopic (exact) mass is 279 g/mol. The van der Waals surface area contributed by atoms with E-state index in [0.29, 0.717) is 5.75 Å². The zero-order valence-corrected chi connectivity index (χ0v) is 12.0. The predicted octanol–water partition coefficient (Wildman–Crippen LogP) is 1.15. The van der Waals surface area contributed by atoms with Gasteiger partial charge in [0, 0.05) is 12.1 Å². The fourth-order valence-electron chi connectivity index (χ4n) is 1.39. The Bertz CT molecular complexity index is 464. The third-order valence-electron chi connectivity index (χ3n) is 2.38. The van der Waals surface area contributed by atoms with Crippen molar-refractivity contribution in [2.75, 3.05) is 6.61 Å². The molecule has 6 nitrogen and oxygen atoms in total. The molecule has 0 fully saturated rings. The van der Waals surface area contributed by atoms with Crippen molar-refractivity contribution in [1.82, 2.24) is 10.6 Å². The second kappa shape index (κ2) is 6.91. The van der Waals surface area contributed by atoms with Crippen molar-refractivity contribution in [2.45, 2.75) is 32.9 Å². The Labute approximate surface area is 118 Å². The third-order valence-corrected chi connectivity index (χ3v) is 2.38. The Morgan fingerprint density at radius 3 is 2.30 bits per heavy atom. The number of carbonyl (C=O) groups excluding carboxylic acids is 2. The lowest BCUT2D eigenvalue weighted by Crippen LogP contribution is -2.38. The van der Waals surface area contributed by atoms with Gasteiger partial charge in [-0.2, -0.15) is 0 Å². The van der Waals surface area contributed by atoms with E-state index in [1.54, 1.807) is 12.1 Å². The molecule has 0 unspecified atom stereocenters. The minimum Gasteiger partial charge on any atom is -0.484 e. The van der Waals surface area contributed by atoms with E-state index in [4.69, 9.17) is 10.5 Å². The summed E-state index contributed by atoms with van der Waals surface area (Å²) in [6.45, 7) is 6.81. The largest absolute Gasteiger partial charge is 0.484 e. The van der Waals surface area contributed by atoms with Gasteiger partial charge in [0.1, 0.15) is 5.75 Å². The first-order valence-electron chi connectivity index (χ1n) is 6.32. The molecule has 1 aromatic carbocycles. The average molecular weight is 279 g/mol. The van der Waals surface area contributed by atoms with Crippen LogP contribution in [-0.2, 0) is 11.3 Å². The van der Waals surface area contributed by atoms with Crippen LogP contribution in [0.15, 0.2) is 24.3 Å². The molecule has 1 rings (SSSR count). The first-order valence-corrected chi connectivity index (χ1v) is 6.32. The van der Waals surface area contributed by atoms with Crippen molar-refractivity contribution in [3.63, 3.8) is 0 Å². The molecule has 0 atom stereocenters. The minimum atomic E-state index is -0.887. The average Bonchev–Trinajstić information content (AvgIpc) is 2.33. The molecule has 0 saturated carbocycles. The lowest BCUT2D eigenvalue weighted by Gasteiger charge is -2.20. The van der Waals surface area contributed by atoms with Crippen molar-refractivity contribution in [3.05, 3.63) is 29.8 Å². The highest BCUT2D eigenvalue weighted by Crippen LogP contribution is 2.12. The fourth-order valence-corrected chi connectivity index (χ4v) is 1.39. The number of ether oxygens (including phenoxy) is 1. The molecule has 0 aliphatic rings. The third kappa shape index (κ3) is 6.75. The van der Waals surface area contributed by atoms with Crippen molar-refractivity contribution in [3.8, 4) is 5.75 Å². The highest BCUT2D eigenvalue weighted by Gasteiger charge is 2.08. The Balaban J connectivity index is 2.42. The summed E-state index contributed by atoms with van der Waals surface area (Å²) in [5.74, 6) is -0.0138.